The predicted octanol–water partition coefficient (Wildman–Crippen LogP) is 2.85. The summed E-state index contributed by atoms with van der Waals surface area (Å²) in [5.74, 6) is -1.80. The Morgan fingerprint density at radius 2 is 0.848 bits per heavy atom. The molecule has 0 spiro atoms. The molecule has 11 heteroatoms. The smallest absolute Gasteiger partial charge is 0.313 e. The van der Waals surface area contributed by atoms with Crippen molar-refractivity contribution < 1.29 is 71.0 Å². The van der Waals surface area contributed by atoms with Crippen LogP contribution < -0.4 is 0 Å². The first-order chi connectivity index (χ1) is 15.4. The number of Topliss-reactive ketones (excluding diaryl/α,β-unsaturated/α-hetero) is 3. The third-order valence-electron chi connectivity index (χ3n) is 2.70. The molecule has 33 heavy (non-hydrogen) atoms. The minimum absolute atomic E-state index is 0.103. The van der Waals surface area contributed by atoms with E-state index in [-0.39, 0.29) is 36.6 Å². The van der Waals surface area contributed by atoms with Crippen LogP contribution in [-0.4, -0.2) is 61.7 Å². The zero-order valence-electron chi connectivity index (χ0n) is 20.9. The van der Waals surface area contributed by atoms with Crippen LogP contribution in [0.25, 0.3) is 0 Å². The van der Waals surface area contributed by atoms with Crippen LogP contribution in [0.2, 0.25) is 0 Å². The van der Waals surface area contributed by atoms with Gasteiger partial charge in [0, 0.05) is 0 Å². The molecule has 0 rings (SSSR count). The SMILES string of the molecule is CCCC[O][Zr].CCOC(=O)CC(C)=O.CCOC(=O)CC(C)=O.CCOC(=O)CC(C)=O. The molecule has 0 aliphatic carbocycles. The van der Waals surface area contributed by atoms with E-state index in [9.17, 15) is 28.8 Å². The standard InChI is InChI=1S/3C6H10O3.C4H9O.Zr/c3*1-3-9-6(8)4-5(2)7;1-2-3-4-5;/h3*3-4H2,1-2H3;2-4H2,1H3;/q;;;-1;+1. The van der Waals surface area contributed by atoms with Crippen molar-refractivity contribution in [1.82, 2.24) is 0 Å². The number of carbonyl (C=O) groups excluding carboxylic acids is 6. The van der Waals surface area contributed by atoms with E-state index in [2.05, 4.69) is 21.1 Å². The number of unbranched alkanes of at least 4 members (excludes halogenated alkanes) is 1. The Balaban J connectivity index is -0.000000172. The number of carbonyl (C=O) groups is 6. The number of esters is 3. The summed E-state index contributed by atoms with van der Waals surface area (Å²) in [6.07, 6.45) is 2.15. The molecule has 0 amide bonds. The molecule has 0 aliphatic rings. The summed E-state index contributed by atoms with van der Waals surface area (Å²) in [4.78, 5) is 61.9. The van der Waals surface area contributed by atoms with Crippen LogP contribution in [0.3, 0.4) is 0 Å². The summed E-state index contributed by atoms with van der Waals surface area (Å²) in [7, 11) is 0. The monoisotopic (exact) mass is 553 g/mol. The van der Waals surface area contributed by atoms with Crippen LogP contribution in [0.4, 0.5) is 0 Å². The minimum Gasteiger partial charge on any atom is -0.466 e. The van der Waals surface area contributed by atoms with Crippen molar-refractivity contribution in [1.29, 1.82) is 0 Å². The zero-order valence-corrected chi connectivity index (χ0v) is 23.4. The average Bonchev–Trinajstić information content (AvgIpc) is 2.66. The molecule has 0 aliphatic heterocycles. The van der Waals surface area contributed by atoms with Crippen molar-refractivity contribution in [2.24, 2.45) is 0 Å². The molecule has 0 saturated heterocycles. The van der Waals surface area contributed by atoms with Crippen LogP contribution in [0.1, 0.15) is 80.6 Å². The summed E-state index contributed by atoms with van der Waals surface area (Å²) in [6.45, 7) is 13.3. The van der Waals surface area contributed by atoms with Crippen molar-refractivity contribution in [3.63, 3.8) is 0 Å². The topological polar surface area (TPSA) is 139 Å². The Morgan fingerprint density at radius 1 is 0.576 bits per heavy atom. The normalized spacial score (nSPS) is 8.67. The first-order valence-corrected chi connectivity index (χ1v) is 11.6. The molecule has 0 bridgehead atoms. The molecule has 0 saturated carbocycles. The third-order valence-corrected chi connectivity index (χ3v) is 3.20. The second-order valence-electron chi connectivity index (χ2n) is 6.25. The maximum Gasteiger partial charge on any atom is 0.313 e. The van der Waals surface area contributed by atoms with E-state index in [4.69, 9.17) is 2.81 Å². The number of hydrogen-bond donors (Lipinski definition) is 0. The quantitative estimate of drug-likeness (QED) is 0.153. The Kier molecular flexibility index (Phi) is 35.3. The van der Waals surface area contributed by atoms with Crippen molar-refractivity contribution in [2.75, 3.05) is 26.4 Å². The zero-order chi connectivity index (χ0) is 26.7. The molecule has 0 atom stereocenters. The summed E-state index contributed by atoms with van der Waals surface area (Å²) in [5.41, 5.74) is 0. The van der Waals surface area contributed by atoms with Gasteiger partial charge in [-0.25, -0.2) is 0 Å². The fraction of sp³-hybridized carbons (Fsp3) is 0.727. The molecule has 0 heterocycles. The largest absolute Gasteiger partial charge is 0.466 e. The molecule has 0 unspecified atom stereocenters. The van der Waals surface area contributed by atoms with E-state index >= 15 is 0 Å². The molecule has 0 N–H and O–H groups in total. The van der Waals surface area contributed by atoms with Gasteiger partial charge in [-0.1, -0.05) is 0 Å². The van der Waals surface area contributed by atoms with Gasteiger partial charge in [0.05, 0.1) is 19.8 Å². The predicted molar refractivity (Wildman–Crippen MR) is 117 cm³/mol. The van der Waals surface area contributed by atoms with Crippen molar-refractivity contribution in [3.05, 3.63) is 0 Å². The van der Waals surface area contributed by atoms with Gasteiger partial charge in [-0.2, -0.15) is 0 Å². The van der Waals surface area contributed by atoms with Crippen LogP contribution in [0, 0.1) is 0 Å². The Morgan fingerprint density at radius 3 is 0.970 bits per heavy atom. The minimum atomic E-state index is -0.440. The van der Waals surface area contributed by atoms with Gasteiger partial charge in [-0.05, 0) is 41.5 Å². The molecular weight excluding hydrogens is 515 g/mol. The van der Waals surface area contributed by atoms with Crippen LogP contribution in [0.15, 0.2) is 0 Å². The van der Waals surface area contributed by atoms with E-state index in [1.165, 1.54) is 58.8 Å². The first-order valence-electron chi connectivity index (χ1n) is 10.6. The summed E-state index contributed by atoms with van der Waals surface area (Å²) in [6, 6.07) is 0. The Bertz CT molecular complexity index is 486. The van der Waals surface area contributed by atoms with Gasteiger partial charge in [0.1, 0.15) is 36.6 Å². The number of hydrogen-bond acceptors (Lipinski definition) is 10. The van der Waals surface area contributed by atoms with Gasteiger partial charge in [0.25, 0.3) is 0 Å². The van der Waals surface area contributed by atoms with Crippen molar-refractivity contribution >= 4 is 35.3 Å². The fourth-order valence-corrected chi connectivity index (χ4v) is 1.82. The summed E-state index contributed by atoms with van der Waals surface area (Å²) >= 11 is 1.19. The molecule has 10 nitrogen and oxygen atoms in total. The van der Waals surface area contributed by atoms with E-state index in [1.54, 1.807) is 20.8 Å². The number of ketones is 3. The van der Waals surface area contributed by atoms with Gasteiger partial charge >= 0.3 is 72.3 Å². The van der Waals surface area contributed by atoms with Crippen LogP contribution >= 0.6 is 0 Å². The van der Waals surface area contributed by atoms with Gasteiger partial charge in [0.2, 0.25) is 0 Å². The van der Waals surface area contributed by atoms with Crippen molar-refractivity contribution in [2.45, 2.75) is 80.6 Å². The third kappa shape index (κ3) is 48.8. The van der Waals surface area contributed by atoms with E-state index in [1.807, 2.05) is 0 Å². The van der Waals surface area contributed by atoms with Crippen LogP contribution in [0.5, 0.6) is 0 Å². The summed E-state index contributed by atoms with van der Waals surface area (Å²) < 4.78 is 18.4. The molecular formula is C22H39O10Zr. The maximum absolute atomic E-state index is 10.4. The van der Waals surface area contributed by atoms with Crippen molar-refractivity contribution in [3.8, 4) is 0 Å². The Labute approximate surface area is 212 Å². The van der Waals surface area contributed by atoms with E-state index in [0.717, 1.165) is 6.61 Å². The molecule has 0 fully saturated rings. The first kappa shape index (κ1) is 38.5. The molecule has 0 aromatic rings. The molecule has 0 aromatic heterocycles. The maximum atomic E-state index is 10.4. The number of ether oxygens (including phenoxy) is 3. The van der Waals surface area contributed by atoms with Gasteiger partial charge in [0.15, 0.2) is 0 Å². The van der Waals surface area contributed by atoms with E-state index < -0.39 is 17.9 Å². The van der Waals surface area contributed by atoms with Crippen LogP contribution in [-0.2, 0) is 71.0 Å². The van der Waals surface area contributed by atoms with Gasteiger partial charge in [-0.3, -0.25) is 28.8 Å². The van der Waals surface area contributed by atoms with E-state index in [0.29, 0.717) is 19.8 Å². The Hall–Kier alpha value is -1.74. The average molecular weight is 555 g/mol. The van der Waals surface area contributed by atoms with Gasteiger partial charge in [-0.15, -0.1) is 0 Å². The molecule has 0 aromatic carbocycles. The second-order valence-corrected chi connectivity index (χ2v) is 6.96. The molecule has 191 valence electrons. The fourth-order valence-electron chi connectivity index (χ4n) is 1.46. The van der Waals surface area contributed by atoms with Gasteiger partial charge < -0.3 is 14.2 Å². The molecule has 0 radical (unpaired) electrons. The second kappa shape index (κ2) is 30.3. The summed E-state index contributed by atoms with van der Waals surface area (Å²) in [5, 5.41) is 0. The number of rotatable bonds is 12.